The minimum Gasteiger partial charge on any atom is -0.478 e. The van der Waals surface area contributed by atoms with Crippen LogP contribution in [0.3, 0.4) is 0 Å². The van der Waals surface area contributed by atoms with E-state index in [0.29, 0.717) is 11.3 Å². The van der Waals surface area contributed by atoms with Gasteiger partial charge in [0.15, 0.2) is 0 Å². The maximum Gasteiger partial charge on any atom is 0.335 e. The minimum absolute atomic E-state index is 0.152. The Morgan fingerprint density at radius 1 is 0.912 bits per heavy atom. The lowest BCUT2D eigenvalue weighted by atomic mass is 10.1. The first kappa shape index (κ1) is 22.7. The van der Waals surface area contributed by atoms with E-state index in [1.54, 1.807) is 43.3 Å². The van der Waals surface area contributed by atoms with Gasteiger partial charge in [-0.25, -0.2) is 14.5 Å². The molecule has 4 amide bonds. The smallest absolute Gasteiger partial charge is 0.335 e. The summed E-state index contributed by atoms with van der Waals surface area (Å²) in [5, 5.41) is 11.5. The van der Waals surface area contributed by atoms with Gasteiger partial charge in [-0.2, -0.15) is 0 Å². The molecule has 1 aromatic heterocycles. The number of para-hydroxylation sites is 1. The fourth-order valence-corrected chi connectivity index (χ4v) is 4.19. The van der Waals surface area contributed by atoms with Gasteiger partial charge in [0.25, 0.3) is 11.8 Å². The van der Waals surface area contributed by atoms with Gasteiger partial charge in [0.05, 0.1) is 11.3 Å². The number of urea groups is 1. The standard InChI is InChI=1S/C26H23N3O5/c1-14-7-5-6-8-21(14)29-24(31)20(23(30)27-26(29)34)13-19-12-16(3)28(17(19)4)22-10-9-18(25(32)33)11-15(22)2/h5-13H,1-4H3,(H,32,33)(H,27,30,34)/b20-13-. The van der Waals surface area contributed by atoms with Crippen molar-refractivity contribution in [2.75, 3.05) is 4.90 Å². The minimum atomic E-state index is -1.00. The summed E-state index contributed by atoms with van der Waals surface area (Å²) < 4.78 is 1.93. The van der Waals surface area contributed by atoms with Crippen LogP contribution in [0, 0.1) is 27.7 Å². The number of imide groups is 2. The lowest BCUT2D eigenvalue weighted by Gasteiger charge is -2.27. The molecule has 34 heavy (non-hydrogen) atoms. The van der Waals surface area contributed by atoms with Gasteiger partial charge >= 0.3 is 12.0 Å². The average molecular weight is 457 g/mol. The van der Waals surface area contributed by atoms with Crippen LogP contribution in [-0.2, 0) is 9.59 Å². The van der Waals surface area contributed by atoms with Crippen molar-refractivity contribution < 1.29 is 24.3 Å². The molecule has 0 radical (unpaired) electrons. The number of carboxylic acids is 1. The highest BCUT2D eigenvalue weighted by Crippen LogP contribution is 2.28. The zero-order valence-corrected chi connectivity index (χ0v) is 19.2. The van der Waals surface area contributed by atoms with Crippen LogP contribution in [0.1, 0.15) is 38.4 Å². The van der Waals surface area contributed by atoms with E-state index in [1.807, 2.05) is 31.4 Å². The number of nitrogens with zero attached hydrogens (tertiary/aromatic N) is 2. The third-order valence-electron chi connectivity index (χ3n) is 5.91. The Kier molecular flexibility index (Phi) is 5.66. The van der Waals surface area contributed by atoms with E-state index in [2.05, 4.69) is 5.32 Å². The molecule has 8 heteroatoms. The second-order valence-electron chi connectivity index (χ2n) is 8.21. The van der Waals surface area contributed by atoms with Crippen LogP contribution in [0.25, 0.3) is 11.8 Å². The Hall–Kier alpha value is -4.46. The van der Waals surface area contributed by atoms with Crippen molar-refractivity contribution in [3.63, 3.8) is 0 Å². The summed E-state index contributed by atoms with van der Waals surface area (Å²) in [4.78, 5) is 50.6. The molecule has 2 aromatic carbocycles. The Balaban J connectivity index is 1.78. The number of anilines is 1. The summed E-state index contributed by atoms with van der Waals surface area (Å²) >= 11 is 0. The number of benzene rings is 2. The molecule has 1 aliphatic heterocycles. The quantitative estimate of drug-likeness (QED) is 0.453. The first-order chi connectivity index (χ1) is 16.1. The third-order valence-corrected chi connectivity index (χ3v) is 5.91. The highest BCUT2D eigenvalue weighted by molar-refractivity contribution is 6.39. The SMILES string of the molecule is Cc1ccccc1N1C(=O)NC(=O)/C(=C/c2cc(C)n(-c3ccc(C(=O)O)cc3C)c2C)C1=O. The number of aryl methyl sites for hydroxylation is 3. The molecule has 2 N–H and O–H groups in total. The van der Waals surface area contributed by atoms with Gasteiger partial charge in [-0.3, -0.25) is 14.9 Å². The number of carbonyl (C=O) groups excluding carboxylic acids is 3. The maximum atomic E-state index is 13.2. The predicted octanol–water partition coefficient (Wildman–Crippen LogP) is 4.08. The molecule has 0 aliphatic carbocycles. The van der Waals surface area contributed by atoms with Gasteiger partial charge in [-0.15, -0.1) is 0 Å². The fraction of sp³-hybridized carbons (Fsp3) is 0.154. The molecular weight excluding hydrogens is 434 g/mol. The maximum absolute atomic E-state index is 13.2. The van der Waals surface area contributed by atoms with Crippen LogP contribution >= 0.6 is 0 Å². The van der Waals surface area contributed by atoms with Crippen LogP contribution in [0.4, 0.5) is 10.5 Å². The Morgan fingerprint density at radius 3 is 2.26 bits per heavy atom. The van der Waals surface area contributed by atoms with Gasteiger partial charge in [0, 0.05) is 17.1 Å². The van der Waals surface area contributed by atoms with Crippen molar-refractivity contribution in [2.45, 2.75) is 27.7 Å². The average Bonchev–Trinajstić information content (AvgIpc) is 3.05. The summed E-state index contributed by atoms with van der Waals surface area (Å²) in [5.74, 6) is -2.46. The van der Waals surface area contributed by atoms with Crippen molar-refractivity contribution in [2.24, 2.45) is 0 Å². The molecule has 0 atom stereocenters. The summed E-state index contributed by atoms with van der Waals surface area (Å²) in [6.45, 7) is 7.33. The fourth-order valence-electron chi connectivity index (χ4n) is 4.19. The molecule has 0 bridgehead atoms. The molecule has 2 heterocycles. The van der Waals surface area contributed by atoms with Gasteiger partial charge in [-0.1, -0.05) is 18.2 Å². The number of aromatic nitrogens is 1. The number of hydrogen-bond donors (Lipinski definition) is 2. The number of hydrogen-bond acceptors (Lipinski definition) is 4. The third kappa shape index (κ3) is 3.79. The molecule has 1 fully saturated rings. The monoisotopic (exact) mass is 457 g/mol. The van der Waals surface area contributed by atoms with Gasteiger partial charge < -0.3 is 9.67 Å². The van der Waals surface area contributed by atoms with E-state index >= 15 is 0 Å². The van der Waals surface area contributed by atoms with Crippen molar-refractivity contribution >= 4 is 35.6 Å². The Bertz CT molecular complexity index is 1410. The normalized spacial score (nSPS) is 15.1. The lowest BCUT2D eigenvalue weighted by Crippen LogP contribution is -2.54. The van der Waals surface area contributed by atoms with Crippen LogP contribution in [0.5, 0.6) is 0 Å². The molecule has 8 nitrogen and oxygen atoms in total. The van der Waals surface area contributed by atoms with Crippen molar-refractivity contribution in [3.8, 4) is 5.69 Å². The molecule has 0 saturated carbocycles. The number of carboxylic acid groups (broad SMARTS) is 1. The predicted molar refractivity (Wildman–Crippen MR) is 127 cm³/mol. The highest BCUT2D eigenvalue weighted by atomic mass is 16.4. The first-order valence-corrected chi connectivity index (χ1v) is 10.6. The second-order valence-corrected chi connectivity index (χ2v) is 8.21. The molecular formula is C26H23N3O5. The largest absolute Gasteiger partial charge is 0.478 e. The van der Waals surface area contributed by atoms with Crippen LogP contribution in [-0.4, -0.2) is 33.5 Å². The second kappa shape index (κ2) is 8.47. The van der Waals surface area contributed by atoms with E-state index in [-0.39, 0.29) is 11.1 Å². The molecule has 1 aliphatic rings. The molecule has 172 valence electrons. The number of aromatic carboxylic acids is 1. The zero-order chi connectivity index (χ0) is 24.7. The Labute approximate surface area is 196 Å². The van der Waals surface area contributed by atoms with Gasteiger partial charge in [0.1, 0.15) is 5.57 Å². The summed E-state index contributed by atoms with van der Waals surface area (Å²) in [6.07, 6.45) is 1.48. The van der Waals surface area contributed by atoms with Crippen molar-refractivity contribution in [1.29, 1.82) is 0 Å². The summed E-state index contributed by atoms with van der Waals surface area (Å²) in [6, 6.07) is 12.8. The number of rotatable bonds is 4. The number of carbonyl (C=O) groups is 4. The van der Waals surface area contributed by atoms with E-state index in [4.69, 9.17) is 0 Å². The molecule has 0 spiro atoms. The molecule has 4 rings (SSSR count). The molecule has 0 unspecified atom stereocenters. The van der Waals surface area contributed by atoms with E-state index in [9.17, 15) is 24.3 Å². The van der Waals surface area contributed by atoms with E-state index in [1.165, 1.54) is 12.1 Å². The van der Waals surface area contributed by atoms with Crippen LogP contribution < -0.4 is 10.2 Å². The lowest BCUT2D eigenvalue weighted by molar-refractivity contribution is -0.122. The first-order valence-electron chi connectivity index (χ1n) is 10.6. The molecule has 3 aromatic rings. The van der Waals surface area contributed by atoms with Crippen LogP contribution in [0.15, 0.2) is 54.1 Å². The van der Waals surface area contributed by atoms with Gasteiger partial charge in [-0.05, 0) is 80.8 Å². The molecule has 1 saturated heterocycles. The number of amides is 4. The highest BCUT2D eigenvalue weighted by Gasteiger charge is 2.37. The zero-order valence-electron chi connectivity index (χ0n) is 19.2. The summed E-state index contributed by atoms with van der Waals surface area (Å²) in [7, 11) is 0. The van der Waals surface area contributed by atoms with E-state index < -0.39 is 23.8 Å². The van der Waals surface area contributed by atoms with Crippen molar-refractivity contribution in [3.05, 3.63) is 87.7 Å². The summed E-state index contributed by atoms with van der Waals surface area (Å²) in [5.41, 5.74) is 4.96. The Morgan fingerprint density at radius 2 is 1.62 bits per heavy atom. The van der Waals surface area contributed by atoms with Crippen LogP contribution in [0.2, 0.25) is 0 Å². The van der Waals surface area contributed by atoms with Gasteiger partial charge in [0.2, 0.25) is 0 Å². The number of nitrogens with one attached hydrogen (secondary N) is 1. The number of barbiturate groups is 1. The topological polar surface area (TPSA) is 109 Å². The van der Waals surface area contributed by atoms with Crippen molar-refractivity contribution in [1.82, 2.24) is 9.88 Å². The van der Waals surface area contributed by atoms with E-state index in [0.717, 1.165) is 33.1 Å².